The van der Waals surface area contributed by atoms with Gasteiger partial charge < -0.3 is 10.5 Å². The second-order valence-corrected chi connectivity index (χ2v) is 4.21. The van der Waals surface area contributed by atoms with E-state index in [2.05, 4.69) is 39.0 Å². The van der Waals surface area contributed by atoms with Crippen molar-refractivity contribution in [1.82, 2.24) is 0 Å². The first-order valence-electron chi connectivity index (χ1n) is 5.54. The minimum atomic E-state index is 0. The lowest BCUT2D eigenvalue weighted by molar-refractivity contribution is 0.251. The molecule has 0 heterocycles. The van der Waals surface area contributed by atoms with Crippen LogP contribution in [-0.2, 0) is 0 Å². The summed E-state index contributed by atoms with van der Waals surface area (Å²) in [4.78, 5) is 0. The van der Waals surface area contributed by atoms with Gasteiger partial charge in [-0.2, -0.15) is 0 Å². The lowest BCUT2D eigenvalue weighted by Gasteiger charge is -2.15. The van der Waals surface area contributed by atoms with Crippen LogP contribution < -0.4 is 10.5 Å². The van der Waals surface area contributed by atoms with Gasteiger partial charge in [0.2, 0.25) is 0 Å². The molecule has 92 valence electrons. The Bertz CT molecular complexity index is 295. The van der Waals surface area contributed by atoms with Gasteiger partial charge in [-0.05, 0) is 43.9 Å². The minimum Gasteiger partial charge on any atom is -0.493 e. The summed E-state index contributed by atoms with van der Waals surface area (Å²) in [5.41, 5.74) is 7.91. The fourth-order valence-corrected chi connectivity index (χ4v) is 1.62. The normalized spacial score (nSPS) is 11.8. The Kier molecular flexibility index (Phi) is 7.18. The molecule has 0 radical (unpaired) electrons. The third kappa shape index (κ3) is 4.42. The highest BCUT2D eigenvalue weighted by atomic mass is 35.5. The van der Waals surface area contributed by atoms with Crippen molar-refractivity contribution in [3.63, 3.8) is 0 Å². The highest BCUT2D eigenvalue weighted by Crippen LogP contribution is 2.23. The Morgan fingerprint density at radius 1 is 1.25 bits per heavy atom. The summed E-state index contributed by atoms with van der Waals surface area (Å²) in [5, 5.41) is 0. The molecule has 1 rings (SSSR count). The molecule has 1 unspecified atom stereocenters. The molecule has 2 nitrogen and oxygen atoms in total. The van der Waals surface area contributed by atoms with E-state index in [4.69, 9.17) is 10.5 Å². The fraction of sp³-hybridized carbons (Fsp3) is 0.538. The van der Waals surface area contributed by atoms with Crippen LogP contribution >= 0.6 is 12.4 Å². The Morgan fingerprint density at radius 2 is 1.81 bits per heavy atom. The molecular formula is C13H22ClNO. The molecule has 0 saturated heterocycles. The molecular weight excluding hydrogens is 222 g/mol. The predicted octanol–water partition coefficient (Wildman–Crippen LogP) is 3.09. The van der Waals surface area contributed by atoms with E-state index in [1.54, 1.807) is 0 Å². The summed E-state index contributed by atoms with van der Waals surface area (Å²) in [5.74, 6) is 1.55. The van der Waals surface area contributed by atoms with Crippen LogP contribution in [0.2, 0.25) is 0 Å². The highest BCUT2D eigenvalue weighted by molar-refractivity contribution is 5.85. The number of para-hydroxylation sites is 1. The van der Waals surface area contributed by atoms with Crippen molar-refractivity contribution in [2.24, 2.45) is 11.7 Å². The van der Waals surface area contributed by atoms with E-state index < -0.39 is 0 Å². The van der Waals surface area contributed by atoms with E-state index in [0.29, 0.717) is 5.92 Å². The van der Waals surface area contributed by atoms with Crippen LogP contribution in [0.3, 0.4) is 0 Å². The predicted molar refractivity (Wildman–Crippen MR) is 71.5 cm³/mol. The van der Waals surface area contributed by atoms with E-state index in [-0.39, 0.29) is 12.4 Å². The first-order valence-corrected chi connectivity index (χ1v) is 5.54. The number of hydrogen-bond acceptors (Lipinski definition) is 2. The topological polar surface area (TPSA) is 35.2 Å². The Balaban J connectivity index is 0.00000225. The van der Waals surface area contributed by atoms with Crippen molar-refractivity contribution in [3.8, 4) is 5.75 Å². The molecule has 0 aromatic heterocycles. The number of nitrogens with two attached hydrogens (primary N) is 1. The number of aryl methyl sites for hydroxylation is 2. The van der Waals surface area contributed by atoms with E-state index in [1.807, 2.05) is 0 Å². The molecule has 0 spiro atoms. The van der Waals surface area contributed by atoms with Crippen LogP contribution in [0.25, 0.3) is 0 Å². The zero-order chi connectivity index (χ0) is 11.3. The van der Waals surface area contributed by atoms with Gasteiger partial charge >= 0.3 is 0 Å². The van der Waals surface area contributed by atoms with Gasteiger partial charge in [-0.25, -0.2) is 0 Å². The zero-order valence-electron chi connectivity index (χ0n) is 10.3. The van der Waals surface area contributed by atoms with Crippen molar-refractivity contribution < 1.29 is 4.74 Å². The van der Waals surface area contributed by atoms with Crippen LogP contribution in [0.15, 0.2) is 18.2 Å². The molecule has 0 aliphatic carbocycles. The number of halogens is 1. The van der Waals surface area contributed by atoms with Gasteiger partial charge in [0.1, 0.15) is 5.75 Å². The Hall–Kier alpha value is -0.730. The molecule has 1 aromatic carbocycles. The molecule has 0 fully saturated rings. The monoisotopic (exact) mass is 243 g/mol. The molecule has 16 heavy (non-hydrogen) atoms. The van der Waals surface area contributed by atoms with Gasteiger partial charge in [-0.1, -0.05) is 25.1 Å². The maximum Gasteiger partial charge on any atom is 0.125 e. The quantitative estimate of drug-likeness (QED) is 0.863. The minimum absolute atomic E-state index is 0. The van der Waals surface area contributed by atoms with E-state index in [1.165, 1.54) is 11.1 Å². The van der Waals surface area contributed by atoms with Crippen molar-refractivity contribution in [3.05, 3.63) is 29.3 Å². The van der Waals surface area contributed by atoms with Gasteiger partial charge in [0.05, 0.1) is 6.61 Å². The van der Waals surface area contributed by atoms with Gasteiger partial charge in [-0.3, -0.25) is 0 Å². The van der Waals surface area contributed by atoms with Gasteiger partial charge in [0.25, 0.3) is 0 Å². The van der Waals surface area contributed by atoms with E-state index >= 15 is 0 Å². The number of hydrogen-bond donors (Lipinski definition) is 1. The Morgan fingerprint density at radius 3 is 2.31 bits per heavy atom. The molecule has 0 bridgehead atoms. The van der Waals surface area contributed by atoms with Crippen molar-refractivity contribution >= 4 is 12.4 Å². The lowest BCUT2D eigenvalue weighted by atomic mass is 10.1. The molecule has 2 N–H and O–H groups in total. The molecule has 3 heteroatoms. The van der Waals surface area contributed by atoms with Crippen LogP contribution in [0, 0.1) is 19.8 Å². The molecule has 1 atom stereocenters. The number of ether oxygens (including phenoxy) is 1. The van der Waals surface area contributed by atoms with Crippen molar-refractivity contribution in [1.29, 1.82) is 0 Å². The van der Waals surface area contributed by atoms with Crippen molar-refractivity contribution in [2.45, 2.75) is 27.2 Å². The first-order chi connectivity index (χ1) is 7.15. The first kappa shape index (κ1) is 15.3. The zero-order valence-corrected chi connectivity index (χ0v) is 11.1. The van der Waals surface area contributed by atoms with Crippen molar-refractivity contribution in [2.75, 3.05) is 13.2 Å². The smallest absolute Gasteiger partial charge is 0.125 e. The maximum absolute atomic E-state index is 5.83. The molecule has 0 aliphatic heterocycles. The summed E-state index contributed by atoms with van der Waals surface area (Å²) in [6.07, 6.45) is 1.02. The van der Waals surface area contributed by atoms with Gasteiger partial charge in [0, 0.05) is 0 Å². The standard InChI is InChI=1S/C13H21NO.ClH/c1-10(7-8-14)9-15-13-11(2)5-4-6-12(13)3;/h4-6,10H,7-9,14H2,1-3H3;1H. The molecule has 0 amide bonds. The van der Waals surface area contributed by atoms with Gasteiger partial charge in [-0.15, -0.1) is 12.4 Å². The van der Waals surface area contributed by atoms with Crippen LogP contribution in [0.4, 0.5) is 0 Å². The largest absolute Gasteiger partial charge is 0.493 e. The van der Waals surface area contributed by atoms with Crippen LogP contribution in [0.5, 0.6) is 5.75 Å². The summed E-state index contributed by atoms with van der Waals surface area (Å²) in [7, 11) is 0. The second kappa shape index (κ2) is 7.53. The number of benzene rings is 1. The van der Waals surface area contributed by atoms with E-state index in [0.717, 1.165) is 25.3 Å². The summed E-state index contributed by atoms with van der Waals surface area (Å²) in [6.45, 7) is 7.81. The average Bonchev–Trinajstić information content (AvgIpc) is 2.17. The highest BCUT2D eigenvalue weighted by Gasteiger charge is 2.06. The van der Waals surface area contributed by atoms with Gasteiger partial charge in [0.15, 0.2) is 0 Å². The SMILES string of the molecule is Cc1cccc(C)c1OCC(C)CCN.Cl. The maximum atomic E-state index is 5.83. The molecule has 1 aromatic rings. The molecule has 0 aliphatic rings. The van der Waals surface area contributed by atoms with Crippen LogP contribution in [-0.4, -0.2) is 13.2 Å². The van der Waals surface area contributed by atoms with Crippen LogP contribution in [0.1, 0.15) is 24.5 Å². The average molecular weight is 244 g/mol. The summed E-state index contributed by atoms with van der Waals surface area (Å²) < 4.78 is 5.83. The third-order valence-electron chi connectivity index (χ3n) is 2.58. The summed E-state index contributed by atoms with van der Waals surface area (Å²) >= 11 is 0. The second-order valence-electron chi connectivity index (χ2n) is 4.21. The third-order valence-corrected chi connectivity index (χ3v) is 2.58. The lowest BCUT2D eigenvalue weighted by Crippen LogP contribution is -2.14. The number of rotatable bonds is 5. The Labute approximate surface area is 105 Å². The summed E-state index contributed by atoms with van der Waals surface area (Å²) in [6, 6.07) is 6.21. The fourth-order valence-electron chi connectivity index (χ4n) is 1.62. The van der Waals surface area contributed by atoms with E-state index in [9.17, 15) is 0 Å². The molecule has 0 saturated carbocycles.